The minimum Gasteiger partial charge on any atom is -0.381 e. The van der Waals surface area contributed by atoms with Gasteiger partial charge in [0.15, 0.2) is 0 Å². The number of nitrogens with two attached hydrogens (primary N) is 1. The second kappa shape index (κ2) is 6.37. The summed E-state index contributed by atoms with van der Waals surface area (Å²) in [5.74, 6) is -1.84. The van der Waals surface area contributed by atoms with Crippen molar-refractivity contribution in [1.29, 1.82) is 0 Å². The molecule has 1 aromatic rings. The Bertz CT molecular complexity index is 502. The molecule has 0 bridgehead atoms. The maximum Gasteiger partial charge on any atom is 0.393 e. The van der Waals surface area contributed by atoms with Gasteiger partial charge in [-0.2, -0.15) is 13.2 Å². The molecule has 3 nitrogen and oxygen atoms in total. The van der Waals surface area contributed by atoms with E-state index >= 15 is 0 Å². The van der Waals surface area contributed by atoms with Gasteiger partial charge in [-0.25, -0.2) is 0 Å². The van der Waals surface area contributed by atoms with E-state index in [0.717, 1.165) is 6.42 Å². The van der Waals surface area contributed by atoms with Gasteiger partial charge in [0, 0.05) is 11.7 Å². The Kier molecular flexibility index (Phi) is 4.75. The molecule has 1 fully saturated rings. The van der Waals surface area contributed by atoms with Crippen molar-refractivity contribution < 1.29 is 18.0 Å². The van der Waals surface area contributed by atoms with Crippen LogP contribution in [0.4, 0.5) is 18.9 Å². The predicted octanol–water partition coefficient (Wildman–Crippen LogP) is 3.25. The molecule has 1 aliphatic carbocycles. The first kappa shape index (κ1) is 15.7. The van der Waals surface area contributed by atoms with E-state index in [0.29, 0.717) is 24.1 Å². The number of carbonyl (C=O) groups excluding carboxylic acids is 1. The number of carbonyl (C=O) groups is 1. The van der Waals surface area contributed by atoms with E-state index in [-0.39, 0.29) is 12.8 Å². The molecule has 2 atom stereocenters. The molecule has 1 aliphatic rings. The quantitative estimate of drug-likeness (QED) is 0.897. The Morgan fingerprint density at radius 2 is 1.90 bits per heavy atom. The number of amides is 1. The molecule has 2 unspecified atom stereocenters. The molecule has 0 aliphatic heterocycles. The molecule has 0 saturated heterocycles. The molecule has 0 radical (unpaired) electrons. The standard InChI is InChI=1S/C15H19F3N2O/c16-15(17,18)11-6-2-4-8-13(11)20-12-7-3-1-5-10(12)9-14(19)21/h1,3,5,7,11,13,20H,2,4,6,8-9H2,(H2,19,21). The SMILES string of the molecule is NC(=O)Cc1ccccc1NC1CCCCC1C(F)(F)F. The van der Waals surface area contributed by atoms with Crippen molar-refractivity contribution in [2.75, 3.05) is 5.32 Å². The van der Waals surface area contributed by atoms with Crippen LogP contribution < -0.4 is 11.1 Å². The van der Waals surface area contributed by atoms with Gasteiger partial charge in [0.2, 0.25) is 5.91 Å². The van der Waals surface area contributed by atoms with Crippen molar-refractivity contribution in [3.8, 4) is 0 Å². The fraction of sp³-hybridized carbons (Fsp3) is 0.533. The molecule has 21 heavy (non-hydrogen) atoms. The van der Waals surface area contributed by atoms with E-state index in [1.807, 2.05) is 0 Å². The molecule has 1 aromatic carbocycles. The Morgan fingerprint density at radius 1 is 1.24 bits per heavy atom. The van der Waals surface area contributed by atoms with Gasteiger partial charge in [-0.05, 0) is 24.5 Å². The number of hydrogen-bond donors (Lipinski definition) is 2. The summed E-state index contributed by atoms with van der Waals surface area (Å²) in [6.07, 6.45) is -2.16. The number of para-hydroxylation sites is 1. The van der Waals surface area contributed by atoms with Gasteiger partial charge in [0.05, 0.1) is 12.3 Å². The molecule has 116 valence electrons. The molecule has 1 saturated carbocycles. The number of primary amides is 1. The molecule has 2 rings (SSSR count). The molecule has 3 N–H and O–H groups in total. The lowest BCUT2D eigenvalue weighted by molar-refractivity contribution is -0.184. The second-order valence-corrected chi connectivity index (χ2v) is 5.48. The van der Waals surface area contributed by atoms with E-state index in [9.17, 15) is 18.0 Å². The van der Waals surface area contributed by atoms with E-state index in [2.05, 4.69) is 5.32 Å². The summed E-state index contributed by atoms with van der Waals surface area (Å²) < 4.78 is 39.3. The largest absolute Gasteiger partial charge is 0.393 e. The van der Waals surface area contributed by atoms with Crippen LogP contribution in [0.5, 0.6) is 0 Å². The lowest BCUT2D eigenvalue weighted by Gasteiger charge is -2.34. The zero-order chi connectivity index (χ0) is 15.5. The van der Waals surface area contributed by atoms with Gasteiger partial charge in [0.1, 0.15) is 0 Å². The Morgan fingerprint density at radius 3 is 2.57 bits per heavy atom. The summed E-state index contributed by atoms with van der Waals surface area (Å²) in [4.78, 5) is 11.1. The van der Waals surface area contributed by atoms with Crippen LogP contribution >= 0.6 is 0 Å². The van der Waals surface area contributed by atoms with Gasteiger partial charge in [0.25, 0.3) is 0 Å². The molecule has 1 amide bonds. The summed E-state index contributed by atoms with van der Waals surface area (Å²) in [6, 6.07) is 6.23. The summed E-state index contributed by atoms with van der Waals surface area (Å²) in [5.41, 5.74) is 6.38. The van der Waals surface area contributed by atoms with Crippen molar-refractivity contribution in [2.45, 2.75) is 44.3 Å². The molecule has 0 aromatic heterocycles. The van der Waals surface area contributed by atoms with Gasteiger partial charge >= 0.3 is 6.18 Å². The topological polar surface area (TPSA) is 55.1 Å². The number of anilines is 1. The second-order valence-electron chi connectivity index (χ2n) is 5.48. The van der Waals surface area contributed by atoms with Crippen LogP contribution in [0.15, 0.2) is 24.3 Å². The van der Waals surface area contributed by atoms with Crippen LogP contribution in [0.2, 0.25) is 0 Å². The third kappa shape index (κ3) is 4.12. The molecular weight excluding hydrogens is 281 g/mol. The first-order chi connectivity index (χ1) is 9.88. The van der Waals surface area contributed by atoms with Crippen LogP contribution in [0.25, 0.3) is 0 Å². The van der Waals surface area contributed by atoms with Gasteiger partial charge in [-0.15, -0.1) is 0 Å². The third-order valence-electron chi connectivity index (χ3n) is 3.91. The zero-order valence-corrected chi connectivity index (χ0v) is 11.6. The highest BCUT2D eigenvalue weighted by Crippen LogP contribution is 2.39. The molecule has 0 heterocycles. The van der Waals surface area contributed by atoms with Gasteiger partial charge < -0.3 is 11.1 Å². The van der Waals surface area contributed by atoms with Crippen molar-refractivity contribution in [2.24, 2.45) is 11.7 Å². The normalized spacial score (nSPS) is 22.8. The maximum absolute atomic E-state index is 13.1. The Labute approximate surface area is 121 Å². The van der Waals surface area contributed by atoms with E-state index < -0.39 is 24.0 Å². The highest BCUT2D eigenvalue weighted by atomic mass is 19.4. The highest BCUT2D eigenvalue weighted by molar-refractivity contribution is 5.78. The van der Waals surface area contributed by atoms with Crippen molar-refractivity contribution >= 4 is 11.6 Å². The van der Waals surface area contributed by atoms with Crippen LogP contribution in [-0.2, 0) is 11.2 Å². The van der Waals surface area contributed by atoms with E-state index in [4.69, 9.17) is 5.73 Å². The minimum atomic E-state index is -4.20. The number of nitrogens with one attached hydrogen (secondary N) is 1. The van der Waals surface area contributed by atoms with Gasteiger partial charge in [-0.3, -0.25) is 4.79 Å². The van der Waals surface area contributed by atoms with Crippen molar-refractivity contribution in [3.05, 3.63) is 29.8 Å². The fourth-order valence-electron chi connectivity index (χ4n) is 2.90. The average Bonchev–Trinajstić information content (AvgIpc) is 2.40. The van der Waals surface area contributed by atoms with Crippen LogP contribution in [-0.4, -0.2) is 18.1 Å². The monoisotopic (exact) mass is 300 g/mol. The highest BCUT2D eigenvalue weighted by Gasteiger charge is 2.45. The van der Waals surface area contributed by atoms with Gasteiger partial charge in [-0.1, -0.05) is 31.0 Å². The third-order valence-corrected chi connectivity index (χ3v) is 3.91. The number of hydrogen-bond acceptors (Lipinski definition) is 2. The number of rotatable bonds is 4. The van der Waals surface area contributed by atoms with Crippen molar-refractivity contribution in [1.82, 2.24) is 0 Å². The maximum atomic E-state index is 13.1. The lowest BCUT2D eigenvalue weighted by Crippen LogP contribution is -2.41. The fourth-order valence-corrected chi connectivity index (χ4v) is 2.90. The smallest absolute Gasteiger partial charge is 0.381 e. The number of alkyl halides is 3. The zero-order valence-electron chi connectivity index (χ0n) is 11.6. The summed E-state index contributed by atoms with van der Waals surface area (Å²) in [5, 5.41) is 2.98. The molecule has 6 heteroatoms. The molecular formula is C15H19F3N2O. The minimum absolute atomic E-state index is 0.0204. The first-order valence-corrected chi connectivity index (χ1v) is 7.07. The Hall–Kier alpha value is -1.72. The van der Waals surface area contributed by atoms with Crippen molar-refractivity contribution in [3.63, 3.8) is 0 Å². The van der Waals surface area contributed by atoms with E-state index in [1.165, 1.54) is 0 Å². The van der Waals surface area contributed by atoms with Crippen LogP contribution in [0.3, 0.4) is 0 Å². The molecule has 0 spiro atoms. The van der Waals surface area contributed by atoms with Crippen LogP contribution in [0.1, 0.15) is 31.2 Å². The predicted molar refractivity (Wildman–Crippen MR) is 74.8 cm³/mol. The summed E-state index contributed by atoms with van der Waals surface area (Å²) in [7, 11) is 0. The first-order valence-electron chi connectivity index (χ1n) is 7.07. The summed E-state index contributed by atoms with van der Waals surface area (Å²) >= 11 is 0. The number of benzene rings is 1. The average molecular weight is 300 g/mol. The van der Waals surface area contributed by atoms with E-state index in [1.54, 1.807) is 24.3 Å². The number of halogens is 3. The lowest BCUT2D eigenvalue weighted by atomic mass is 9.83. The van der Waals surface area contributed by atoms with Crippen LogP contribution in [0, 0.1) is 5.92 Å². The Balaban J connectivity index is 2.17. The summed E-state index contributed by atoms with van der Waals surface area (Å²) in [6.45, 7) is 0.